The van der Waals surface area contributed by atoms with E-state index in [0.29, 0.717) is 18.2 Å². The Morgan fingerprint density at radius 2 is 1.89 bits per heavy atom. The van der Waals surface area contributed by atoms with E-state index in [1.807, 2.05) is 31.2 Å². The van der Waals surface area contributed by atoms with Gasteiger partial charge in [-0.2, -0.15) is 0 Å². The van der Waals surface area contributed by atoms with Crippen LogP contribution in [-0.4, -0.2) is 6.61 Å². The van der Waals surface area contributed by atoms with Crippen molar-refractivity contribution in [2.24, 2.45) is 0 Å². The Bertz CT molecular complexity index is 542. The van der Waals surface area contributed by atoms with Crippen molar-refractivity contribution in [1.29, 1.82) is 0 Å². The first-order chi connectivity index (χ1) is 9.19. The maximum atomic E-state index is 13.1. The molecule has 0 heterocycles. The molecule has 1 N–H and O–H groups in total. The maximum absolute atomic E-state index is 13.1. The third-order valence-electron chi connectivity index (χ3n) is 2.66. The summed E-state index contributed by atoms with van der Waals surface area (Å²) in [4.78, 5) is 0. The number of anilines is 1. The van der Waals surface area contributed by atoms with Crippen LogP contribution in [0.25, 0.3) is 0 Å². The summed E-state index contributed by atoms with van der Waals surface area (Å²) >= 11 is 6.00. The van der Waals surface area contributed by atoms with E-state index in [0.717, 1.165) is 17.0 Å². The van der Waals surface area contributed by atoms with Gasteiger partial charge in [0.15, 0.2) is 0 Å². The van der Waals surface area contributed by atoms with Gasteiger partial charge >= 0.3 is 0 Å². The second-order valence-corrected chi connectivity index (χ2v) is 4.45. The molecule has 0 aliphatic carbocycles. The quantitative estimate of drug-likeness (QED) is 0.871. The van der Waals surface area contributed by atoms with Crippen molar-refractivity contribution in [3.05, 3.63) is 58.9 Å². The normalized spacial score (nSPS) is 10.3. The lowest BCUT2D eigenvalue weighted by molar-refractivity contribution is 0.340. The molecule has 0 radical (unpaired) electrons. The summed E-state index contributed by atoms with van der Waals surface area (Å²) in [5, 5.41) is 3.75. The zero-order valence-corrected chi connectivity index (χ0v) is 11.4. The van der Waals surface area contributed by atoms with Crippen LogP contribution in [-0.2, 0) is 6.54 Å². The van der Waals surface area contributed by atoms with E-state index >= 15 is 0 Å². The van der Waals surface area contributed by atoms with E-state index in [2.05, 4.69) is 5.32 Å². The van der Waals surface area contributed by atoms with E-state index in [9.17, 15) is 4.39 Å². The second-order valence-electron chi connectivity index (χ2n) is 4.05. The molecule has 100 valence electrons. The zero-order valence-electron chi connectivity index (χ0n) is 10.6. The maximum Gasteiger partial charge on any atom is 0.123 e. The van der Waals surface area contributed by atoms with Crippen LogP contribution in [0.5, 0.6) is 5.75 Å². The molecule has 2 nitrogen and oxygen atoms in total. The highest BCUT2D eigenvalue weighted by Crippen LogP contribution is 2.20. The molecule has 2 aromatic carbocycles. The van der Waals surface area contributed by atoms with Gasteiger partial charge in [0.05, 0.1) is 6.61 Å². The Hall–Kier alpha value is -1.74. The van der Waals surface area contributed by atoms with Crippen molar-refractivity contribution in [1.82, 2.24) is 0 Å². The van der Waals surface area contributed by atoms with E-state index in [1.54, 1.807) is 6.07 Å². The lowest BCUT2D eigenvalue weighted by Crippen LogP contribution is -2.00. The van der Waals surface area contributed by atoms with Gasteiger partial charge in [0.1, 0.15) is 11.6 Å². The topological polar surface area (TPSA) is 21.3 Å². The first-order valence-electron chi connectivity index (χ1n) is 6.09. The van der Waals surface area contributed by atoms with E-state index in [4.69, 9.17) is 16.3 Å². The van der Waals surface area contributed by atoms with Gasteiger partial charge < -0.3 is 10.1 Å². The number of rotatable bonds is 5. The summed E-state index contributed by atoms with van der Waals surface area (Å²) in [6, 6.07) is 12.0. The molecule has 0 aliphatic rings. The molecule has 0 fully saturated rings. The van der Waals surface area contributed by atoms with E-state index < -0.39 is 0 Å². The van der Waals surface area contributed by atoms with Gasteiger partial charge in [-0.05, 0) is 55.0 Å². The predicted molar refractivity (Wildman–Crippen MR) is 76.3 cm³/mol. The monoisotopic (exact) mass is 279 g/mol. The third-order valence-corrected chi connectivity index (χ3v) is 3.02. The van der Waals surface area contributed by atoms with E-state index in [-0.39, 0.29) is 5.82 Å². The number of ether oxygens (including phenoxy) is 1. The molecule has 0 amide bonds. The Kier molecular flexibility index (Phi) is 4.63. The molecule has 0 aliphatic heterocycles. The molecule has 0 spiro atoms. The number of halogens is 2. The molecule has 19 heavy (non-hydrogen) atoms. The molecular formula is C15H15ClFNO. The molecular weight excluding hydrogens is 265 g/mol. The molecule has 0 aromatic heterocycles. The fraction of sp³-hybridized carbons (Fsp3) is 0.200. The minimum Gasteiger partial charge on any atom is -0.494 e. The van der Waals surface area contributed by atoms with Crippen LogP contribution >= 0.6 is 11.6 Å². The first-order valence-corrected chi connectivity index (χ1v) is 6.47. The smallest absolute Gasteiger partial charge is 0.123 e. The Labute approximate surface area is 117 Å². The Morgan fingerprint density at radius 1 is 1.16 bits per heavy atom. The van der Waals surface area contributed by atoms with Crippen molar-refractivity contribution in [2.45, 2.75) is 13.5 Å². The molecule has 0 saturated carbocycles. The van der Waals surface area contributed by atoms with E-state index in [1.165, 1.54) is 12.1 Å². The number of benzene rings is 2. The highest BCUT2D eigenvalue weighted by atomic mass is 35.5. The summed E-state index contributed by atoms with van der Waals surface area (Å²) < 4.78 is 18.5. The summed E-state index contributed by atoms with van der Waals surface area (Å²) in [5.74, 6) is 0.546. The summed E-state index contributed by atoms with van der Waals surface area (Å²) in [6.45, 7) is 3.06. The van der Waals surface area contributed by atoms with Crippen LogP contribution in [0.4, 0.5) is 10.1 Å². The average Bonchev–Trinajstić information content (AvgIpc) is 2.42. The fourth-order valence-corrected chi connectivity index (χ4v) is 1.90. The first kappa shape index (κ1) is 13.7. The number of hydrogen-bond donors (Lipinski definition) is 1. The number of nitrogens with one attached hydrogen (secondary N) is 1. The molecule has 0 bridgehead atoms. The van der Waals surface area contributed by atoms with Crippen molar-refractivity contribution in [3.63, 3.8) is 0 Å². The molecule has 0 atom stereocenters. The average molecular weight is 280 g/mol. The van der Waals surface area contributed by atoms with Crippen molar-refractivity contribution in [2.75, 3.05) is 11.9 Å². The highest BCUT2D eigenvalue weighted by Gasteiger charge is 2.02. The Morgan fingerprint density at radius 3 is 2.58 bits per heavy atom. The molecule has 0 saturated heterocycles. The number of hydrogen-bond acceptors (Lipinski definition) is 2. The molecule has 2 rings (SSSR count). The molecule has 4 heteroatoms. The zero-order chi connectivity index (χ0) is 13.7. The molecule has 2 aromatic rings. The second kappa shape index (κ2) is 6.43. The highest BCUT2D eigenvalue weighted by molar-refractivity contribution is 6.31. The summed E-state index contributed by atoms with van der Waals surface area (Å²) in [6.07, 6.45) is 0. The minimum atomic E-state index is -0.284. The van der Waals surface area contributed by atoms with Crippen LogP contribution in [0.2, 0.25) is 5.02 Å². The van der Waals surface area contributed by atoms with Crippen LogP contribution < -0.4 is 10.1 Å². The predicted octanol–water partition coefficient (Wildman–Crippen LogP) is 4.49. The van der Waals surface area contributed by atoms with Gasteiger partial charge in [-0.25, -0.2) is 4.39 Å². The van der Waals surface area contributed by atoms with Crippen LogP contribution in [0.15, 0.2) is 42.5 Å². The summed E-state index contributed by atoms with van der Waals surface area (Å²) in [5.41, 5.74) is 1.67. The van der Waals surface area contributed by atoms with Gasteiger partial charge in [-0.3, -0.25) is 0 Å². The van der Waals surface area contributed by atoms with Gasteiger partial charge in [0, 0.05) is 17.3 Å². The van der Waals surface area contributed by atoms with Crippen LogP contribution in [0.1, 0.15) is 12.5 Å². The lowest BCUT2D eigenvalue weighted by atomic mass is 10.2. The van der Waals surface area contributed by atoms with Crippen molar-refractivity contribution in [3.8, 4) is 5.75 Å². The van der Waals surface area contributed by atoms with Crippen LogP contribution in [0.3, 0.4) is 0 Å². The minimum absolute atomic E-state index is 0.284. The van der Waals surface area contributed by atoms with Gasteiger partial charge in [0.25, 0.3) is 0 Å². The molecule has 0 unspecified atom stereocenters. The SMILES string of the molecule is CCOc1ccc(NCc2cc(F)ccc2Cl)cc1. The third kappa shape index (κ3) is 3.86. The van der Waals surface area contributed by atoms with Gasteiger partial charge in [-0.15, -0.1) is 0 Å². The Balaban J connectivity index is 2.00. The summed E-state index contributed by atoms with van der Waals surface area (Å²) in [7, 11) is 0. The van der Waals surface area contributed by atoms with Crippen molar-refractivity contribution < 1.29 is 9.13 Å². The van der Waals surface area contributed by atoms with Crippen molar-refractivity contribution >= 4 is 17.3 Å². The largest absolute Gasteiger partial charge is 0.494 e. The van der Waals surface area contributed by atoms with Gasteiger partial charge in [0.2, 0.25) is 0 Å². The lowest BCUT2D eigenvalue weighted by Gasteiger charge is -2.09. The van der Waals surface area contributed by atoms with Gasteiger partial charge in [-0.1, -0.05) is 11.6 Å². The van der Waals surface area contributed by atoms with Crippen LogP contribution in [0, 0.1) is 5.82 Å². The fourth-order valence-electron chi connectivity index (χ4n) is 1.71. The standard InChI is InChI=1S/C15H15ClFNO/c1-2-19-14-6-4-13(5-7-14)18-10-11-9-12(17)3-8-15(11)16/h3-9,18H,2,10H2,1H3.